The second-order valence-electron chi connectivity index (χ2n) is 6.39. The molecule has 1 N–H and O–H groups in total. The van der Waals surface area contributed by atoms with E-state index in [2.05, 4.69) is 34.8 Å². The van der Waals surface area contributed by atoms with Crippen LogP contribution in [0.4, 0.5) is 0 Å². The highest BCUT2D eigenvalue weighted by molar-refractivity contribution is 14.1. The topological polar surface area (TPSA) is 29.1 Å². The van der Waals surface area contributed by atoms with E-state index in [0.717, 1.165) is 30.2 Å². The van der Waals surface area contributed by atoms with Gasteiger partial charge in [-0.05, 0) is 12.8 Å². The van der Waals surface area contributed by atoms with Crippen LogP contribution >= 0.6 is 22.6 Å². The lowest BCUT2D eigenvalue weighted by atomic mass is 10.0. The molecule has 0 saturated heterocycles. The maximum absolute atomic E-state index is 11.5. The third kappa shape index (κ3) is 18.2. The van der Waals surface area contributed by atoms with Crippen LogP contribution in [0.3, 0.4) is 0 Å². The number of carbonyl (C=O) groups is 1. The molecule has 0 radical (unpaired) electrons. The van der Waals surface area contributed by atoms with E-state index in [4.69, 9.17) is 0 Å². The fraction of sp³-hybridized carbons (Fsp3) is 0.947. The molecule has 0 aromatic rings. The van der Waals surface area contributed by atoms with Gasteiger partial charge in [-0.2, -0.15) is 0 Å². The van der Waals surface area contributed by atoms with Crippen LogP contribution in [0.5, 0.6) is 0 Å². The lowest BCUT2D eigenvalue weighted by Gasteiger charge is -2.04. The first kappa shape index (κ1) is 22.2. The summed E-state index contributed by atoms with van der Waals surface area (Å²) >= 11 is 2.35. The van der Waals surface area contributed by atoms with Gasteiger partial charge in [-0.3, -0.25) is 4.79 Å². The first-order chi connectivity index (χ1) is 10.8. The van der Waals surface area contributed by atoms with Crippen LogP contribution < -0.4 is 5.32 Å². The number of hydrogen-bond acceptors (Lipinski definition) is 1. The molecular weight excluding hydrogens is 385 g/mol. The summed E-state index contributed by atoms with van der Waals surface area (Å²) in [5, 5.41) is 2.98. The maximum Gasteiger partial charge on any atom is 0.219 e. The monoisotopic (exact) mass is 423 g/mol. The molecule has 0 atom stereocenters. The van der Waals surface area contributed by atoms with Crippen molar-refractivity contribution in [2.75, 3.05) is 11.0 Å². The number of carbonyl (C=O) groups excluding carboxylic acids is 1. The van der Waals surface area contributed by atoms with E-state index in [-0.39, 0.29) is 5.91 Å². The van der Waals surface area contributed by atoms with Crippen molar-refractivity contribution in [2.24, 2.45) is 0 Å². The number of rotatable bonds is 17. The number of halogens is 1. The first-order valence-corrected chi connectivity index (χ1v) is 11.2. The quantitative estimate of drug-likeness (QED) is 0.164. The zero-order chi connectivity index (χ0) is 16.3. The molecule has 0 spiro atoms. The third-order valence-electron chi connectivity index (χ3n) is 4.14. The fourth-order valence-electron chi connectivity index (χ4n) is 2.69. The van der Waals surface area contributed by atoms with Crippen LogP contribution in [0, 0.1) is 0 Å². The molecule has 0 aromatic carbocycles. The molecule has 0 aliphatic carbocycles. The molecule has 0 aromatic heterocycles. The number of alkyl halides is 1. The lowest BCUT2D eigenvalue weighted by Crippen LogP contribution is -2.24. The predicted octanol–water partition coefficient (Wildman–Crippen LogP) is 6.41. The van der Waals surface area contributed by atoms with E-state index < -0.39 is 0 Å². The minimum absolute atomic E-state index is 0.243. The highest BCUT2D eigenvalue weighted by Gasteiger charge is 2.00. The normalized spacial score (nSPS) is 10.8. The summed E-state index contributed by atoms with van der Waals surface area (Å²) < 4.78 is 1.12. The van der Waals surface area contributed by atoms with Crippen molar-refractivity contribution in [1.29, 1.82) is 0 Å². The molecule has 0 heterocycles. The van der Waals surface area contributed by atoms with E-state index >= 15 is 0 Å². The highest BCUT2D eigenvalue weighted by Crippen LogP contribution is 2.12. The SMILES string of the molecule is CCCCCCCCCCCCCCCC(=O)NCCCI. The van der Waals surface area contributed by atoms with E-state index in [1.54, 1.807) is 0 Å². The van der Waals surface area contributed by atoms with Crippen molar-refractivity contribution < 1.29 is 4.79 Å². The fourth-order valence-corrected chi connectivity index (χ4v) is 3.07. The molecule has 2 nitrogen and oxygen atoms in total. The molecule has 1 amide bonds. The minimum atomic E-state index is 0.243. The molecule has 0 aliphatic rings. The molecule has 0 aliphatic heterocycles. The van der Waals surface area contributed by atoms with E-state index in [1.807, 2.05) is 0 Å². The van der Waals surface area contributed by atoms with Gasteiger partial charge in [0.25, 0.3) is 0 Å². The van der Waals surface area contributed by atoms with Crippen molar-refractivity contribution in [1.82, 2.24) is 5.32 Å². The van der Waals surface area contributed by atoms with Crippen LogP contribution in [-0.2, 0) is 4.79 Å². The molecular formula is C19H38INO. The highest BCUT2D eigenvalue weighted by atomic mass is 127. The molecule has 0 bridgehead atoms. The zero-order valence-corrected chi connectivity index (χ0v) is 17.0. The smallest absolute Gasteiger partial charge is 0.219 e. The summed E-state index contributed by atoms with van der Waals surface area (Å²) in [7, 11) is 0. The van der Waals surface area contributed by atoms with Gasteiger partial charge in [0.1, 0.15) is 0 Å². The van der Waals surface area contributed by atoms with Gasteiger partial charge in [0, 0.05) is 17.4 Å². The molecule has 0 rings (SSSR count). The first-order valence-electron chi connectivity index (χ1n) is 9.64. The summed E-state index contributed by atoms with van der Waals surface area (Å²) in [4.78, 5) is 11.5. The van der Waals surface area contributed by atoms with Crippen LogP contribution in [0.1, 0.15) is 103 Å². The summed E-state index contributed by atoms with van der Waals surface area (Å²) in [6, 6.07) is 0. The van der Waals surface area contributed by atoms with Gasteiger partial charge in [0.2, 0.25) is 5.91 Å². The molecule has 132 valence electrons. The molecule has 0 saturated carbocycles. The Labute approximate surface area is 152 Å². The molecule has 3 heteroatoms. The van der Waals surface area contributed by atoms with Gasteiger partial charge in [0.15, 0.2) is 0 Å². The lowest BCUT2D eigenvalue weighted by molar-refractivity contribution is -0.121. The Morgan fingerprint density at radius 3 is 1.64 bits per heavy atom. The Morgan fingerprint density at radius 1 is 0.727 bits per heavy atom. The number of nitrogens with one attached hydrogen (secondary N) is 1. The van der Waals surface area contributed by atoms with Crippen LogP contribution in [0.2, 0.25) is 0 Å². The van der Waals surface area contributed by atoms with E-state index in [1.165, 1.54) is 77.0 Å². The molecule has 0 unspecified atom stereocenters. The van der Waals surface area contributed by atoms with Crippen molar-refractivity contribution in [3.05, 3.63) is 0 Å². The Hall–Kier alpha value is 0.200. The van der Waals surface area contributed by atoms with Crippen LogP contribution in [-0.4, -0.2) is 16.9 Å². The molecule has 0 fully saturated rings. The Kier molecular flexibility index (Phi) is 19.4. The Morgan fingerprint density at radius 2 is 1.18 bits per heavy atom. The van der Waals surface area contributed by atoms with Crippen LogP contribution in [0.15, 0.2) is 0 Å². The summed E-state index contributed by atoms with van der Waals surface area (Å²) in [5.41, 5.74) is 0. The van der Waals surface area contributed by atoms with Crippen molar-refractivity contribution in [2.45, 2.75) is 103 Å². The molecule has 22 heavy (non-hydrogen) atoms. The van der Waals surface area contributed by atoms with Gasteiger partial charge in [-0.25, -0.2) is 0 Å². The van der Waals surface area contributed by atoms with Gasteiger partial charge in [-0.15, -0.1) is 0 Å². The number of hydrogen-bond donors (Lipinski definition) is 1. The standard InChI is InChI=1S/C19H38INO/c1-2-3-4-5-6-7-8-9-10-11-12-13-14-16-19(22)21-18-15-17-20/h2-18H2,1H3,(H,21,22). The van der Waals surface area contributed by atoms with Crippen molar-refractivity contribution in [3.8, 4) is 0 Å². The van der Waals surface area contributed by atoms with Crippen LogP contribution in [0.25, 0.3) is 0 Å². The summed E-state index contributed by atoms with van der Waals surface area (Å²) in [5.74, 6) is 0.243. The van der Waals surface area contributed by atoms with Gasteiger partial charge >= 0.3 is 0 Å². The Bertz CT molecular complexity index is 233. The third-order valence-corrected chi connectivity index (χ3v) is 4.90. The summed E-state index contributed by atoms with van der Waals surface area (Å²) in [6.45, 7) is 3.12. The average molecular weight is 423 g/mol. The Balaban J connectivity index is 3.06. The number of unbranched alkanes of at least 4 members (excludes halogenated alkanes) is 12. The van der Waals surface area contributed by atoms with Gasteiger partial charge in [-0.1, -0.05) is 107 Å². The van der Waals surface area contributed by atoms with Gasteiger partial charge in [0.05, 0.1) is 0 Å². The maximum atomic E-state index is 11.5. The largest absolute Gasteiger partial charge is 0.356 e. The van der Waals surface area contributed by atoms with Gasteiger partial charge < -0.3 is 5.32 Å². The second kappa shape index (κ2) is 19.2. The van der Waals surface area contributed by atoms with E-state index in [9.17, 15) is 4.79 Å². The predicted molar refractivity (Wildman–Crippen MR) is 107 cm³/mol. The van der Waals surface area contributed by atoms with Crippen molar-refractivity contribution in [3.63, 3.8) is 0 Å². The van der Waals surface area contributed by atoms with Crippen molar-refractivity contribution >= 4 is 28.5 Å². The van der Waals surface area contributed by atoms with E-state index in [0.29, 0.717) is 0 Å². The minimum Gasteiger partial charge on any atom is -0.356 e. The average Bonchev–Trinajstić information content (AvgIpc) is 2.52. The zero-order valence-electron chi connectivity index (χ0n) is 14.8. The second-order valence-corrected chi connectivity index (χ2v) is 7.46. The number of amides is 1. The summed E-state index contributed by atoms with van der Waals surface area (Å²) in [6.07, 6.45) is 19.5.